The van der Waals surface area contributed by atoms with Crippen molar-refractivity contribution in [1.82, 2.24) is 9.88 Å². The first-order valence-electron chi connectivity index (χ1n) is 9.22. The summed E-state index contributed by atoms with van der Waals surface area (Å²) in [6.45, 7) is 6.09. The van der Waals surface area contributed by atoms with Crippen molar-refractivity contribution in [2.45, 2.75) is 38.7 Å². The number of nitrogens with zero attached hydrogens (tertiary/aromatic N) is 4. The second-order valence-electron chi connectivity index (χ2n) is 6.76. The summed E-state index contributed by atoms with van der Waals surface area (Å²) in [5.74, 6) is 1.32. The second-order valence-corrected chi connectivity index (χ2v) is 6.76. The van der Waals surface area contributed by atoms with Crippen LogP contribution in [0, 0.1) is 17.2 Å². The third kappa shape index (κ3) is 4.29. The fraction of sp³-hybridized carbons (Fsp3) is 0.632. The lowest BCUT2D eigenvalue weighted by molar-refractivity contribution is -0.138. The third-order valence-corrected chi connectivity index (χ3v) is 5.20. The summed E-state index contributed by atoms with van der Waals surface area (Å²) in [4.78, 5) is 21.3. The van der Waals surface area contributed by atoms with E-state index in [4.69, 9.17) is 10.00 Å². The average Bonchev–Trinajstić information content (AvgIpc) is 2.68. The van der Waals surface area contributed by atoms with E-state index in [0.717, 1.165) is 64.3 Å². The number of aromatic nitrogens is 1. The predicted molar refractivity (Wildman–Crippen MR) is 95.1 cm³/mol. The van der Waals surface area contributed by atoms with E-state index in [1.807, 2.05) is 17.9 Å². The number of pyridine rings is 1. The third-order valence-electron chi connectivity index (χ3n) is 5.20. The van der Waals surface area contributed by atoms with Gasteiger partial charge < -0.3 is 14.5 Å². The Labute approximate surface area is 149 Å². The van der Waals surface area contributed by atoms with Crippen molar-refractivity contribution < 1.29 is 9.53 Å². The Morgan fingerprint density at radius 2 is 1.96 bits per heavy atom. The fourth-order valence-corrected chi connectivity index (χ4v) is 3.73. The highest BCUT2D eigenvalue weighted by Gasteiger charge is 2.31. The second kappa shape index (κ2) is 8.30. The zero-order valence-electron chi connectivity index (χ0n) is 14.9. The topological polar surface area (TPSA) is 69.5 Å². The number of likely N-dealkylation sites (tertiary alicyclic amines) is 1. The Bertz CT molecular complexity index is 609. The molecule has 0 aliphatic carbocycles. The van der Waals surface area contributed by atoms with Crippen molar-refractivity contribution in [2.75, 3.05) is 37.7 Å². The molecule has 0 atom stereocenters. The lowest BCUT2D eigenvalue weighted by Crippen LogP contribution is -2.46. The molecule has 0 spiro atoms. The van der Waals surface area contributed by atoms with Gasteiger partial charge in [-0.3, -0.25) is 4.79 Å². The van der Waals surface area contributed by atoms with Crippen molar-refractivity contribution in [3.05, 3.63) is 23.9 Å². The first-order chi connectivity index (χ1) is 12.2. The standard InChI is InChI=1S/C19H26N4O2/c1-2-25-17-7-11-23(12-8-17)19(24)16-5-9-22(10-6-16)18-4-3-15(13-20)14-21-18/h3-4,14,16-17H,2,5-12H2,1H3. The molecule has 25 heavy (non-hydrogen) atoms. The minimum absolute atomic E-state index is 0.123. The van der Waals surface area contributed by atoms with Gasteiger partial charge >= 0.3 is 0 Å². The van der Waals surface area contributed by atoms with Crippen LogP contribution in [0.15, 0.2) is 18.3 Å². The number of hydrogen-bond donors (Lipinski definition) is 0. The van der Waals surface area contributed by atoms with Crippen LogP contribution >= 0.6 is 0 Å². The van der Waals surface area contributed by atoms with Gasteiger partial charge in [-0.2, -0.15) is 5.26 Å². The Kier molecular flexibility index (Phi) is 5.87. The van der Waals surface area contributed by atoms with Crippen LogP contribution in [-0.4, -0.2) is 54.7 Å². The maximum atomic E-state index is 12.8. The molecule has 6 nitrogen and oxygen atoms in total. The van der Waals surface area contributed by atoms with Crippen LogP contribution < -0.4 is 4.90 Å². The molecular formula is C19H26N4O2. The number of rotatable bonds is 4. The molecule has 1 aromatic rings. The van der Waals surface area contributed by atoms with Gasteiger partial charge in [-0.15, -0.1) is 0 Å². The number of ether oxygens (including phenoxy) is 1. The van der Waals surface area contributed by atoms with Crippen LogP contribution in [0.2, 0.25) is 0 Å². The molecule has 2 aliphatic heterocycles. The highest BCUT2D eigenvalue weighted by molar-refractivity contribution is 5.79. The van der Waals surface area contributed by atoms with Gasteiger partial charge in [0, 0.05) is 44.9 Å². The Hall–Kier alpha value is -2.13. The van der Waals surface area contributed by atoms with E-state index in [2.05, 4.69) is 16.0 Å². The summed E-state index contributed by atoms with van der Waals surface area (Å²) in [7, 11) is 0. The summed E-state index contributed by atoms with van der Waals surface area (Å²) in [6, 6.07) is 5.77. The quantitative estimate of drug-likeness (QED) is 0.839. The fourth-order valence-electron chi connectivity index (χ4n) is 3.73. The molecule has 134 valence electrons. The minimum atomic E-state index is 0.123. The van der Waals surface area contributed by atoms with Crippen molar-refractivity contribution in [2.24, 2.45) is 5.92 Å². The summed E-state index contributed by atoms with van der Waals surface area (Å²) >= 11 is 0. The zero-order valence-corrected chi connectivity index (χ0v) is 14.9. The zero-order chi connectivity index (χ0) is 17.6. The number of amides is 1. The van der Waals surface area contributed by atoms with Crippen LogP contribution in [0.25, 0.3) is 0 Å². The van der Waals surface area contributed by atoms with E-state index in [9.17, 15) is 4.79 Å². The molecule has 0 radical (unpaired) electrons. The average molecular weight is 342 g/mol. The van der Waals surface area contributed by atoms with Crippen LogP contribution in [0.3, 0.4) is 0 Å². The van der Waals surface area contributed by atoms with E-state index < -0.39 is 0 Å². The van der Waals surface area contributed by atoms with Gasteiger partial charge in [-0.05, 0) is 44.7 Å². The summed E-state index contributed by atoms with van der Waals surface area (Å²) in [5.41, 5.74) is 0.573. The molecule has 1 amide bonds. The Balaban J connectivity index is 1.48. The number of carbonyl (C=O) groups excluding carboxylic acids is 1. The van der Waals surface area contributed by atoms with Crippen molar-refractivity contribution in [3.8, 4) is 6.07 Å². The molecule has 0 unspecified atom stereocenters. The van der Waals surface area contributed by atoms with Crippen LogP contribution in [0.1, 0.15) is 38.2 Å². The van der Waals surface area contributed by atoms with Gasteiger partial charge in [-0.1, -0.05) is 0 Å². The molecule has 2 saturated heterocycles. The Morgan fingerprint density at radius 3 is 2.52 bits per heavy atom. The smallest absolute Gasteiger partial charge is 0.225 e. The van der Waals surface area contributed by atoms with Crippen molar-refractivity contribution >= 4 is 11.7 Å². The SMILES string of the molecule is CCOC1CCN(C(=O)C2CCN(c3ccc(C#N)cn3)CC2)CC1. The molecule has 0 aromatic carbocycles. The van der Waals surface area contributed by atoms with Gasteiger partial charge in [0.2, 0.25) is 5.91 Å². The minimum Gasteiger partial charge on any atom is -0.378 e. The van der Waals surface area contributed by atoms with E-state index in [1.165, 1.54) is 0 Å². The Morgan fingerprint density at radius 1 is 1.24 bits per heavy atom. The summed E-state index contributed by atoms with van der Waals surface area (Å²) < 4.78 is 5.66. The van der Waals surface area contributed by atoms with E-state index in [1.54, 1.807) is 12.3 Å². The number of nitriles is 1. The number of piperidine rings is 2. The molecule has 0 N–H and O–H groups in total. The number of carbonyl (C=O) groups is 1. The number of anilines is 1. The molecule has 2 fully saturated rings. The van der Waals surface area contributed by atoms with Crippen LogP contribution in [0.5, 0.6) is 0 Å². The summed E-state index contributed by atoms with van der Waals surface area (Å²) in [6.07, 6.45) is 5.56. The molecule has 0 saturated carbocycles. The highest BCUT2D eigenvalue weighted by Crippen LogP contribution is 2.25. The van der Waals surface area contributed by atoms with Gasteiger partial charge in [0.15, 0.2) is 0 Å². The highest BCUT2D eigenvalue weighted by atomic mass is 16.5. The molecule has 6 heteroatoms. The van der Waals surface area contributed by atoms with E-state index in [-0.39, 0.29) is 5.92 Å². The van der Waals surface area contributed by atoms with Gasteiger partial charge in [0.1, 0.15) is 11.9 Å². The first kappa shape index (κ1) is 17.7. The van der Waals surface area contributed by atoms with E-state index >= 15 is 0 Å². The molecule has 3 heterocycles. The van der Waals surface area contributed by atoms with Gasteiger partial charge in [-0.25, -0.2) is 4.98 Å². The van der Waals surface area contributed by atoms with Gasteiger partial charge in [0.25, 0.3) is 0 Å². The lowest BCUT2D eigenvalue weighted by atomic mass is 9.94. The first-order valence-corrected chi connectivity index (χ1v) is 9.22. The number of hydrogen-bond acceptors (Lipinski definition) is 5. The van der Waals surface area contributed by atoms with Crippen molar-refractivity contribution in [1.29, 1.82) is 5.26 Å². The lowest BCUT2D eigenvalue weighted by Gasteiger charge is -2.37. The maximum absolute atomic E-state index is 12.8. The van der Waals surface area contributed by atoms with Crippen LogP contribution in [-0.2, 0) is 9.53 Å². The molecule has 1 aromatic heterocycles. The summed E-state index contributed by atoms with van der Waals surface area (Å²) in [5, 5.41) is 8.85. The molecule has 3 rings (SSSR count). The predicted octanol–water partition coefficient (Wildman–Crippen LogP) is 2.20. The normalized spacial score (nSPS) is 19.7. The van der Waals surface area contributed by atoms with Gasteiger partial charge in [0.05, 0.1) is 11.7 Å². The largest absolute Gasteiger partial charge is 0.378 e. The molecular weight excluding hydrogens is 316 g/mol. The molecule has 0 bridgehead atoms. The monoisotopic (exact) mass is 342 g/mol. The molecule has 2 aliphatic rings. The van der Waals surface area contributed by atoms with Crippen LogP contribution in [0.4, 0.5) is 5.82 Å². The van der Waals surface area contributed by atoms with E-state index in [0.29, 0.717) is 17.6 Å². The van der Waals surface area contributed by atoms with Crippen molar-refractivity contribution in [3.63, 3.8) is 0 Å². The maximum Gasteiger partial charge on any atom is 0.225 e.